The molecule has 0 aromatic heterocycles. The fourth-order valence-corrected chi connectivity index (χ4v) is 9.35. The van der Waals surface area contributed by atoms with Crippen LogP contribution in [0.25, 0.3) is 0 Å². The second kappa shape index (κ2) is 38.0. The van der Waals surface area contributed by atoms with E-state index >= 15 is 0 Å². The first-order chi connectivity index (χ1) is 41.7. The highest BCUT2D eigenvalue weighted by Crippen LogP contribution is 2.21. The van der Waals surface area contributed by atoms with Gasteiger partial charge in [-0.25, -0.2) is 4.79 Å². The van der Waals surface area contributed by atoms with Gasteiger partial charge in [-0.3, -0.25) is 58.1 Å². The number of nitrogens with zero attached hydrogens (tertiary/aromatic N) is 4. The summed E-state index contributed by atoms with van der Waals surface area (Å²) < 4.78 is 0. The minimum Gasteiger partial charge on any atom is -0.508 e. The smallest absolute Gasteiger partial charge is 0.326 e. The summed E-state index contributed by atoms with van der Waals surface area (Å²) in [6, 6.07) is 4.56. The van der Waals surface area contributed by atoms with Gasteiger partial charge in [0.25, 0.3) is 0 Å². The molecule has 88 heavy (non-hydrogen) atoms. The number of likely N-dealkylation sites (tertiary alicyclic amines) is 1. The summed E-state index contributed by atoms with van der Waals surface area (Å²) in [5, 5.41) is 40.5. The zero-order valence-corrected chi connectivity index (χ0v) is 50.5. The van der Waals surface area contributed by atoms with Gasteiger partial charge in [-0.15, -0.1) is 0 Å². The summed E-state index contributed by atoms with van der Waals surface area (Å²) in [5.74, 6) is -9.55. The van der Waals surface area contributed by atoms with Crippen molar-refractivity contribution >= 4 is 77.0 Å². The number of carbonyl (C=O) groups is 10. The first kappa shape index (κ1) is 73.0. The van der Waals surface area contributed by atoms with Crippen molar-refractivity contribution in [2.24, 2.45) is 66.9 Å². The molecule has 3 rings (SSSR count). The van der Waals surface area contributed by atoms with Crippen LogP contribution in [0.1, 0.15) is 103 Å². The monoisotopic (exact) mass is 1230 g/mol. The minimum atomic E-state index is -1.41. The maximum atomic E-state index is 14.6. The molecule has 1 aliphatic rings. The highest BCUT2D eigenvalue weighted by Gasteiger charge is 2.40. The van der Waals surface area contributed by atoms with Crippen LogP contribution in [0, 0.1) is 11.8 Å². The number of rotatable bonds is 38. The van der Waals surface area contributed by atoms with E-state index in [0.29, 0.717) is 24.0 Å². The first-order valence-electron chi connectivity index (χ1n) is 29.3. The Bertz CT molecular complexity index is 2740. The van der Waals surface area contributed by atoms with Crippen molar-refractivity contribution in [3.63, 3.8) is 0 Å². The number of nitrogens with two attached hydrogens (primary N) is 7. The lowest BCUT2D eigenvalue weighted by Crippen LogP contribution is -2.61. The van der Waals surface area contributed by atoms with E-state index in [1.54, 1.807) is 70.2 Å². The van der Waals surface area contributed by atoms with Crippen LogP contribution in [0.2, 0.25) is 0 Å². The number of carboxylic acids is 1. The molecule has 0 aliphatic carbocycles. The second-order valence-electron chi connectivity index (χ2n) is 21.9. The van der Waals surface area contributed by atoms with Crippen molar-refractivity contribution in [2.75, 3.05) is 39.3 Å². The zero-order valence-electron chi connectivity index (χ0n) is 50.5. The minimum absolute atomic E-state index is 0.00594. The van der Waals surface area contributed by atoms with Gasteiger partial charge in [0.1, 0.15) is 48.0 Å². The van der Waals surface area contributed by atoms with Crippen molar-refractivity contribution in [3.8, 4) is 5.75 Å². The molecule has 31 heteroatoms. The number of benzene rings is 2. The molecule has 2 aromatic carbocycles. The Morgan fingerprint density at radius 3 is 1.57 bits per heavy atom. The molecule has 0 bridgehead atoms. The molecule has 9 amide bonds. The van der Waals surface area contributed by atoms with Crippen LogP contribution in [0.3, 0.4) is 0 Å². The van der Waals surface area contributed by atoms with E-state index in [2.05, 4.69) is 57.5 Å². The molecule has 2 aromatic rings. The Hall–Kier alpha value is -9.29. The Balaban J connectivity index is 1.89. The SMILES string of the molecule is CC[C@H](C)[C@H](NC(=O)[C@H](CCCN=C(N)N)NC(=O)[C@H](CCCN=C(N)N)NC(=O)[C@H](CC(C)C)NC(=O)[C@H](Cc1ccccc1)NC(=O)CNC(=O)CNC(=O)[C@@H](N)Cc1ccc(O)cc1)C(=O)N[C@@H](CCCN=C(N)N)C(=O)N1CCC[C@H]1C(=O)O. The Morgan fingerprint density at radius 2 is 1.05 bits per heavy atom. The number of phenols is 1. The number of aliphatic carboxylic acids is 1. The van der Waals surface area contributed by atoms with Crippen molar-refractivity contribution in [1.82, 2.24) is 47.4 Å². The van der Waals surface area contributed by atoms with Crippen LogP contribution in [0.15, 0.2) is 69.6 Å². The summed E-state index contributed by atoms with van der Waals surface area (Å²) in [6.45, 7) is 6.16. The van der Waals surface area contributed by atoms with Crippen molar-refractivity contribution in [2.45, 2.75) is 153 Å². The molecular weight excluding hydrogens is 1140 g/mol. The maximum Gasteiger partial charge on any atom is 0.326 e. The lowest BCUT2D eigenvalue weighted by Gasteiger charge is -2.31. The molecule has 486 valence electrons. The maximum absolute atomic E-state index is 14.6. The summed E-state index contributed by atoms with van der Waals surface area (Å²) in [5.41, 5.74) is 40.6. The van der Waals surface area contributed by atoms with Crippen LogP contribution in [-0.4, -0.2) is 180 Å². The topological polar surface area (TPSA) is 530 Å². The van der Waals surface area contributed by atoms with E-state index in [9.17, 15) is 58.2 Å². The molecule has 9 atom stereocenters. The normalized spacial score (nSPS) is 15.4. The Morgan fingerprint density at radius 1 is 0.568 bits per heavy atom. The molecule has 1 saturated heterocycles. The van der Waals surface area contributed by atoms with Crippen LogP contribution in [0.5, 0.6) is 5.75 Å². The first-order valence-corrected chi connectivity index (χ1v) is 29.3. The molecule has 0 radical (unpaired) electrons. The molecule has 24 N–H and O–H groups in total. The predicted molar refractivity (Wildman–Crippen MR) is 329 cm³/mol. The van der Waals surface area contributed by atoms with E-state index in [1.165, 1.54) is 17.0 Å². The van der Waals surface area contributed by atoms with Crippen LogP contribution in [0.4, 0.5) is 0 Å². The lowest BCUT2D eigenvalue weighted by molar-refractivity contribution is -0.149. The standard InChI is InChI=1S/C57H91N19O12/c1-5-33(4)46(52(85)73-40(17-11-25-67-57(63)64)53(86)76-26-12-18-43(76)54(87)88)75-49(82)39(16-10-24-66-56(61)62)71-48(81)38(15-9-23-65-55(59)60)72-50(83)41(27-32(2)3)74-51(84)42(29-34-13-7-6-8-14-34)70-45(79)31-68-44(78)30-69-47(80)37(58)28-35-19-21-36(77)22-20-35/h6-8,13-14,19-22,32-33,37-43,46,77H,5,9-12,15-18,23-31,58H2,1-4H3,(H,68,78)(H,69,80)(H,70,79)(H,71,81)(H,72,83)(H,73,85)(H,74,84)(H,75,82)(H,87,88)(H4,59,60,65)(H4,61,62,66)(H4,63,64,67)/t33-,37-,38-,39-,40-,41-,42-,43-,46-/m0/s1. The van der Waals surface area contributed by atoms with Crippen LogP contribution in [-0.2, 0) is 60.8 Å². The zero-order chi connectivity index (χ0) is 65.5. The van der Waals surface area contributed by atoms with Gasteiger partial charge in [0.2, 0.25) is 53.2 Å². The fourth-order valence-electron chi connectivity index (χ4n) is 9.35. The van der Waals surface area contributed by atoms with Gasteiger partial charge in [0.05, 0.1) is 19.1 Å². The number of aliphatic imine (C=N–C) groups is 3. The molecular formula is C57H91N19O12. The molecule has 0 spiro atoms. The summed E-state index contributed by atoms with van der Waals surface area (Å²) >= 11 is 0. The molecule has 1 aliphatic heterocycles. The summed E-state index contributed by atoms with van der Waals surface area (Å²) in [6.07, 6.45) is 1.31. The van der Waals surface area contributed by atoms with Crippen molar-refractivity contribution in [3.05, 3.63) is 65.7 Å². The number of carboxylic acid groups (broad SMARTS) is 1. The van der Waals surface area contributed by atoms with E-state index in [1.807, 2.05) is 0 Å². The number of phenolic OH excluding ortho intramolecular Hbond substituents is 1. The van der Waals surface area contributed by atoms with Gasteiger partial charge >= 0.3 is 5.97 Å². The fraction of sp³-hybridized carbons (Fsp3) is 0.561. The molecule has 0 saturated carbocycles. The number of hydrogen-bond acceptors (Lipinski definition) is 15. The number of hydrogen-bond donors (Lipinski definition) is 17. The second-order valence-corrected chi connectivity index (χ2v) is 21.9. The third-order valence-corrected chi connectivity index (χ3v) is 14.2. The number of amides is 9. The number of aromatic hydroxyl groups is 1. The van der Waals surface area contributed by atoms with Crippen LogP contribution < -0.4 is 82.7 Å². The van der Waals surface area contributed by atoms with Gasteiger partial charge in [0, 0.05) is 32.6 Å². The number of guanidine groups is 3. The lowest BCUT2D eigenvalue weighted by atomic mass is 9.96. The van der Waals surface area contributed by atoms with E-state index < -0.39 is 126 Å². The van der Waals surface area contributed by atoms with E-state index in [0.717, 1.165) is 0 Å². The predicted octanol–water partition coefficient (Wildman–Crippen LogP) is -4.03. The van der Waals surface area contributed by atoms with Gasteiger partial charge in [0.15, 0.2) is 17.9 Å². The molecule has 1 heterocycles. The molecule has 1 fully saturated rings. The van der Waals surface area contributed by atoms with Crippen molar-refractivity contribution < 1.29 is 58.2 Å². The molecule has 0 unspecified atom stereocenters. The van der Waals surface area contributed by atoms with Gasteiger partial charge in [-0.2, -0.15) is 0 Å². The van der Waals surface area contributed by atoms with E-state index in [-0.39, 0.29) is 120 Å². The van der Waals surface area contributed by atoms with Crippen LogP contribution >= 0.6 is 0 Å². The Kier molecular flexibility index (Phi) is 31.5. The van der Waals surface area contributed by atoms with Gasteiger partial charge in [-0.05, 0) is 99.3 Å². The average Bonchev–Trinajstić information content (AvgIpc) is 3.25. The third kappa shape index (κ3) is 27.0. The Labute approximate surface area is 511 Å². The summed E-state index contributed by atoms with van der Waals surface area (Å²) in [7, 11) is 0. The number of nitrogens with one attached hydrogen (secondary N) is 8. The summed E-state index contributed by atoms with van der Waals surface area (Å²) in [4.78, 5) is 150. The average molecular weight is 1230 g/mol. The highest BCUT2D eigenvalue weighted by molar-refractivity contribution is 5.98. The number of carbonyl (C=O) groups excluding carboxylic acids is 9. The largest absolute Gasteiger partial charge is 0.508 e. The van der Waals surface area contributed by atoms with Gasteiger partial charge < -0.3 is 97.8 Å². The third-order valence-electron chi connectivity index (χ3n) is 14.2. The van der Waals surface area contributed by atoms with Crippen molar-refractivity contribution in [1.29, 1.82) is 0 Å². The molecule has 31 nitrogen and oxygen atoms in total. The quantitative estimate of drug-likeness (QED) is 0.0173. The van der Waals surface area contributed by atoms with Gasteiger partial charge in [-0.1, -0.05) is 76.6 Å². The van der Waals surface area contributed by atoms with E-state index in [4.69, 9.17) is 40.1 Å². The highest BCUT2D eigenvalue weighted by atomic mass is 16.4.